The first-order valence-corrected chi connectivity index (χ1v) is 7.60. The second-order valence-electron chi connectivity index (χ2n) is 4.95. The number of carboxylic acids is 1. The van der Waals surface area contributed by atoms with Crippen molar-refractivity contribution in [2.45, 2.75) is 24.7 Å². The Morgan fingerprint density at radius 1 is 1.32 bits per heavy atom. The van der Waals surface area contributed by atoms with E-state index >= 15 is 0 Å². The van der Waals surface area contributed by atoms with Crippen LogP contribution in [0.3, 0.4) is 0 Å². The maximum Gasteiger partial charge on any atom is 0.320 e. The fourth-order valence-electron chi connectivity index (χ4n) is 2.40. The molecule has 0 bridgehead atoms. The van der Waals surface area contributed by atoms with Gasteiger partial charge in [-0.05, 0) is 0 Å². The highest BCUT2D eigenvalue weighted by Gasteiger charge is 2.30. The van der Waals surface area contributed by atoms with Gasteiger partial charge in [0.25, 0.3) is 0 Å². The van der Waals surface area contributed by atoms with E-state index in [1.807, 2.05) is 16.7 Å². The van der Waals surface area contributed by atoms with Gasteiger partial charge in [-0.15, -0.1) is 0 Å². The van der Waals surface area contributed by atoms with Gasteiger partial charge in [-0.3, -0.25) is 4.79 Å². The number of hydrogen-bond donors (Lipinski definition) is 1. The fourth-order valence-corrected chi connectivity index (χ4v) is 3.42. The van der Waals surface area contributed by atoms with Crippen LogP contribution in [0, 0.1) is 0 Å². The van der Waals surface area contributed by atoms with E-state index in [1.54, 1.807) is 4.90 Å². The van der Waals surface area contributed by atoms with Crippen molar-refractivity contribution in [3.8, 4) is 0 Å². The number of aliphatic carboxylic acids is 1. The number of nitrogens with zero attached hydrogens (tertiary/aromatic N) is 2. The van der Waals surface area contributed by atoms with E-state index in [0.29, 0.717) is 24.9 Å². The van der Waals surface area contributed by atoms with E-state index in [9.17, 15) is 9.59 Å². The maximum atomic E-state index is 12.4. The number of carbonyl (C=O) groups is 2. The van der Waals surface area contributed by atoms with Crippen molar-refractivity contribution in [1.29, 1.82) is 0 Å². The first-order valence-electron chi connectivity index (χ1n) is 6.55. The van der Waals surface area contributed by atoms with Crippen molar-refractivity contribution in [3.63, 3.8) is 0 Å². The molecule has 0 radical (unpaired) electrons. The van der Waals surface area contributed by atoms with Crippen LogP contribution in [0.15, 0.2) is 0 Å². The highest BCUT2D eigenvalue weighted by atomic mass is 32.2. The summed E-state index contributed by atoms with van der Waals surface area (Å²) in [5.41, 5.74) is 0. The lowest BCUT2D eigenvalue weighted by Gasteiger charge is -2.38. The van der Waals surface area contributed by atoms with Crippen molar-refractivity contribution in [2.24, 2.45) is 0 Å². The summed E-state index contributed by atoms with van der Waals surface area (Å²) >= 11 is 1.88. The smallest absolute Gasteiger partial charge is 0.320 e. The zero-order chi connectivity index (χ0) is 13.8. The largest absolute Gasteiger partial charge is 0.481 e. The van der Waals surface area contributed by atoms with E-state index in [2.05, 4.69) is 6.92 Å². The minimum atomic E-state index is -0.887. The summed E-state index contributed by atoms with van der Waals surface area (Å²) in [4.78, 5) is 26.6. The molecule has 0 aliphatic carbocycles. The van der Waals surface area contributed by atoms with Crippen LogP contribution in [-0.4, -0.2) is 76.8 Å². The second kappa shape index (κ2) is 6.47. The zero-order valence-corrected chi connectivity index (χ0v) is 11.9. The van der Waals surface area contributed by atoms with Gasteiger partial charge in [0.1, 0.15) is 0 Å². The van der Waals surface area contributed by atoms with Gasteiger partial charge in [-0.1, -0.05) is 6.92 Å². The number of hydrogen-bond acceptors (Lipinski definition) is 4. The van der Waals surface area contributed by atoms with Crippen LogP contribution < -0.4 is 0 Å². The number of ether oxygens (including phenoxy) is 1. The molecule has 0 spiro atoms. The average molecular weight is 288 g/mol. The van der Waals surface area contributed by atoms with E-state index < -0.39 is 5.97 Å². The van der Waals surface area contributed by atoms with Crippen LogP contribution >= 0.6 is 11.8 Å². The van der Waals surface area contributed by atoms with Gasteiger partial charge in [-0.25, -0.2) is 4.79 Å². The molecule has 0 aromatic rings. The highest BCUT2D eigenvalue weighted by Crippen LogP contribution is 2.20. The standard InChI is InChI=1S/C12H20N2O4S/c1-9-7-14(3-5-19-9)12(17)13-2-4-18-10(8-13)6-11(15)16/h9-10H,2-8H2,1H3,(H,15,16). The maximum absolute atomic E-state index is 12.4. The van der Waals surface area contributed by atoms with Crippen molar-refractivity contribution < 1.29 is 19.4 Å². The van der Waals surface area contributed by atoms with E-state index in [-0.39, 0.29) is 18.6 Å². The molecule has 0 saturated carbocycles. The molecule has 108 valence electrons. The first-order chi connectivity index (χ1) is 9.06. The van der Waals surface area contributed by atoms with E-state index in [1.165, 1.54) is 0 Å². The minimum absolute atomic E-state index is 0.0193. The number of rotatable bonds is 2. The monoisotopic (exact) mass is 288 g/mol. The Morgan fingerprint density at radius 2 is 2.05 bits per heavy atom. The SMILES string of the molecule is CC1CN(C(=O)N2CCOC(CC(=O)O)C2)CCS1. The van der Waals surface area contributed by atoms with Crippen molar-refractivity contribution in [1.82, 2.24) is 9.80 Å². The molecule has 2 amide bonds. The molecule has 2 atom stereocenters. The van der Waals surface area contributed by atoms with Crippen LogP contribution in [-0.2, 0) is 9.53 Å². The molecule has 2 heterocycles. The van der Waals surface area contributed by atoms with Gasteiger partial charge in [-0.2, -0.15) is 11.8 Å². The Balaban J connectivity index is 1.89. The summed E-state index contributed by atoms with van der Waals surface area (Å²) in [5, 5.41) is 9.24. The summed E-state index contributed by atoms with van der Waals surface area (Å²) < 4.78 is 5.38. The van der Waals surface area contributed by atoms with Crippen molar-refractivity contribution >= 4 is 23.8 Å². The molecule has 2 rings (SSSR count). The van der Waals surface area contributed by atoms with Crippen molar-refractivity contribution in [2.75, 3.05) is 38.5 Å². The Kier molecular flexibility index (Phi) is 4.93. The Hall–Kier alpha value is -0.950. The molecule has 2 unspecified atom stereocenters. The third-order valence-corrected chi connectivity index (χ3v) is 4.46. The number of morpholine rings is 1. The lowest BCUT2D eigenvalue weighted by atomic mass is 10.2. The zero-order valence-electron chi connectivity index (χ0n) is 11.1. The van der Waals surface area contributed by atoms with Crippen LogP contribution in [0.4, 0.5) is 4.79 Å². The summed E-state index contributed by atoms with van der Waals surface area (Å²) in [7, 11) is 0. The number of urea groups is 1. The highest BCUT2D eigenvalue weighted by molar-refractivity contribution is 7.99. The van der Waals surface area contributed by atoms with E-state index in [4.69, 9.17) is 9.84 Å². The van der Waals surface area contributed by atoms with Crippen LogP contribution in [0.2, 0.25) is 0 Å². The Labute approximate surface area is 117 Å². The Morgan fingerprint density at radius 3 is 2.74 bits per heavy atom. The molecular formula is C12H20N2O4S. The number of thioether (sulfide) groups is 1. The quantitative estimate of drug-likeness (QED) is 0.811. The van der Waals surface area contributed by atoms with Gasteiger partial charge in [0.2, 0.25) is 0 Å². The van der Waals surface area contributed by atoms with Crippen LogP contribution in [0.25, 0.3) is 0 Å². The second-order valence-corrected chi connectivity index (χ2v) is 6.49. The predicted molar refractivity (Wildman–Crippen MR) is 72.5 cm³/mol. The fraction of sp³-hybridized carbons (Fsp3) is 0.833. The molecule has 0 aromatic heterocycles. The molecule has 0 aromatic carbocycles. The third-order valence-electron chi connectivity index (χ3n) is 3.32. The van der Waals surface area contributed by atoms with Gasteiger partial charge in [0.05, 0.1) is 19.1 Å². The van der Waals surface area contributed by atoms with E-state index in [0.717, 1.165) is 18.8 Å². The lowest BCUT2D eigenvalue weighted by molar-refractivity contribution is -0.141. The molecule has 19 heavy (non-hydrogen) atoms. The molecule has 6 nitrogen and oxygen atoms in total. The molecule has 2 aliphatic heterocycles. The topological polar surface area (TPSA) is 70.1 Å². The average Bonchev–Trinajstić information content (AvgIpc) is 2.37. The van der Waals surface area contributed by atoms with Gasteiger partial charge in [0.15, 0.2) is 0 Å². The first kappa shape index (κ1) is 14.5. The van der Waals surface area contributed by atoms with Crippen molar-refractivity contribution in [3.05, 3.63) is 0 Å². The van der Waals surface area contributed by atoms with Gasteiger partial charge >= 0.3 is 12.0 Å². The minimum Gasteiger partial charge on any atom is -0.481 e. The molecule has 2 aliphatic rings. The summed E-state index contributed by atoms with van der Waals surface area (Å²) in [6, 6.07) is 0.0193. The Bertz CT molecular complexity index is 353. The third kappa shape index (κ3) is 4.01. The summed E-state index contributed by atoms with van der Waals surface area (Å²) in [5.74, 6) is 0.0813. The molecular weight excluding hydrogens is 268 g/mol. The number of carboxylic acid groups (broad SMARTS) is 1. The number of amides is 2. The predicted octanol–water partition coefficient (Wildman–Crippen LogP) is 0.719. The summed E-state index contributed by atoms with van der Waals surface area (Å²) in [6.07, 6.45) is -0.428. The van der Waals surface area contributed by atoms with Crippen LogP contribution in [0.5, 0.6) is 0 Å². The number of carbonyl (C=O) groups excluding carboxylic acids is 1. The van der Waals surface area contributed by atoms with Gasteiger partial charge < -0.3 is 19.6 Å². The molecule has 2 fully saturated rings. The molecule has 7 heteroatoms. The summed E-state index contributed by atoms with van der Waals surface area (Å²) in [6.45, 7) is 5.01. The molecule has 2 saturated heterocycles. The molecule has 1 N–H and O–H groups in total. The van der Waals surface area contributed by atoms with Gasteiger partial charge in [0, 0.05) is 37.2 Å². The van der Waals surface area contributed by atoms with Crippen LogP contribution in [0.1, 0.15) is 13.3 Å². The lowest BCUT2D eigenvalue weighted by Crippen LogP contribution is -2.53. The normalized spacial score (nSPS) is 28.3.